The van der Waals surface area contributed by atoms with E-state index in [1.54, 1.807) is 0 Å². The highest BCUT2D eigenvalue weighted by atomic mass is 35.6. The fourth-order valence-corrected chi connectivity index (χ4v) is 3.22. The first-order valence-corrected chi connectivity index (χ1v) is 10.6. The number of hydrogen-bond donors (Lipinski definition) is 0. The third kappa shape index (κ3) is 14.5. The quantitative estimate of drug-likeness (QED) is 0.236. The van der Waals surface area contributed by atoms with E-state index in [4.69, 9.17) is 11.1 Å². The van der Waals surface area contributed by atoms with Gasteiger partial charge in [0.05, 0.1) is 0 Å². The van der Waals surface area contributed by atoms with Crippen LogP contribution >= 0.6 is 11.1 Å². The van der Waals surface area contributed by atoms with Crippen molar-refractivity contribution in [3.8, 4) is 0 Å². The van der Waals surface area contributed by atoms with Crippen LogP contribution in [0.4, 0.5) is 0 Å². The van der Waals surface area contributed by atoms with Gasteiger partial charge in [0.15, 0.2) is 0 Å². The molecular weight excluding hydrogens is 232 g/mol. The molecule has 0 rings (SSSR count). The molecule has 0 N–H and O–H groups in total. The van der Waals surface area contributed by atoms with Gasteiger partial charge in [-0.3, -0.25) is 0 Å². The molecule has 98 valence electrons. The molecule has 0 bridgehead atoms. The van der Waals surface area contributed by atoms with E-state index in [1.807, 2.05) is 0 Å². The summed E-state index contributed by atoms with van der Waals surface area (Å²) in [5.74, 6) is 0. The van der Waals surface area contributed by atoms with Crippen LogP contribution in [0.1, 0.15) is 84.0 Å². The van der Waals surface area contributed by atoms with Crippen LogP contribution in [-0.4, -0.2) is 8.83 Å². The lowest BCUT2D eigenvalue weighted by atomic mass is 10.1. The summed E-state index contributed by atoms with van der Waals surface area (Å²) in [6.45, 7) is 2.28. The minimum atomic E-state index is -0.172. The highest BCUT2D eigenvalue weighted by molar-refractivity contribution is 6.93. The zero-order valence-corrected chi connectivity index (χ0v) is 13.4. The van der Waals surface area contributed by atoms with Gasteiger partial charge in [0.25, 0.3) is 0 Å². The second kappa shape index (κ2) is 15.5. The molecule has 0 aromatic heterocycles. The highest BCUT2D eigenvalue weighted by Crippen LogP contribution is 2.12. The van der Waals surface area contributed by atoms with Crippen molar-refractivity contribution in [1.29, 1.82) is 0 Å². The first-order chi connectivity index (χ1) is 7.91. The van der Waals surface area contributed by atoms with E-state index < -0.39 is 0 Å². The molecule has 0 heterocycles. The summed E-state index contributed by atoms with van der Waals surface area (Å²) in [6.07, 6.45) is 17.3. The fourth-order valence-electron chi connectivity index (χ4n) is 2.11. The molecule has 0 spiro atoms. The molecule has 0 nitrogen and oxygen atoms in total. The van der Waals surface area contributed by atoms with Crippen molar-refractivity contribution in [3.05, 3.63) is 0 Å². The van der Waals surface area contributed by atoms with Crippen LogP contribution in [0.2, 0.25) is 6.04 Å². The van der Waals surface area contributed by atoms with Crippen molar-refractivity contribution >= 4 is 19.9 Å². The Morgan fingerprint density at radius 1 is 0.625 bits per heavy atom. The van der Waals surface area contributed by atoms with E-state index >= 15 is 0 Å². The van der Waals surface area contributed by atoms with E-state index in [2.05, 4.69) is 6.92 Å². The maximum atomic E-state index is 5.77. The fraction of sp³-hybridized carbons (Fsp3) is 1.00. The molecule has 0 radical (unpaired) electrons. The predicted molar refractivity (Wildman–Crippen MR) is 80.3 cm³/mol. The third-order valence-electron chi connectivity index (χ3n) is 3.24. The Balaban J connectivity index is 2.83. The van der Waals surface area contributed by atoms with Gasteiger partial charge in [0.2, 0.25) is 0 Å². The number of unbranched alkanes of at least 4 members (excludes halogenated alkanes) is 11. The Hall–Kier alpha value is 0.507. The normalized spacial score (nSPS) is 11.6. The van der Waals surface area contributed by atoms with Crippen LogP contribution in [-0.2, 0) is 0 Å². The van der Waals surface area contributed by atoms with Crippen LogP contribution in [0.3, 0.4) is 0 Å². The van der Waals surface area contributed by atoms with Crippen LogP contribution in [0.25, 0.3) is 0 Å². The second-order valence-electron chi connectivity index (χ2n) is 4.93. The van der Waals surface area contributed by atoms with E-state index in [9.17, 15) is 0 Å². The molecule has 0 amide bonds. The second-order valence-corrected chi connectivity index (χ2v) is 7.15. The summed E-state index contributed by atoms with van der Waals surface area (Å²) in [4.78, 5) is 0. The molecule has 0 unspecified atom stereocenters. The Bertz CT molecular complexity index is 103. The summed E-state index contributed by atoms with van der Waals surface area (Å²) in [7, 11) is -0.172. The summed E-state index contributed by atoms with van der Waals surface area (Å²) in [6, 6.07) is 1.35. The van der Waals surface area contributed by atoms with Crippen LogP contribution < -0.4 is 0 Å². The minimum Gasteiger partial charge on any atom is -0.176 e. The average molecular weight is 263 g/mol. The van der Waals surface area contributed by atoms with Crippen LogP contribution in [0.15, 0.2) is 0 Å². The van der Waals surface area contributed by atoms with Crippen molar-refractivity contribution in [2.75, 3.05) is 0 Å². The first-order valence-electron chi connectivity index (χ1n) is 7.47. The molecule has 0 fully saturated rings. The molecule has 0 aromatic rings. The zero-order chi connectivity index (χ0) is 11.9. The Morgan fingerprint density at radius 2 is 1.00 bits per heavy atom. The van der Waals surface area contributed by atoms with Gasteiger partial charge >= 0.3 is 0 Å². The van der Waals surface area contributed by atoms with Gasteiger partial charge < -0.3 is 0 Å². The summed E-state index contributed by atoms with van der Waals surface area (Å²) < 4.78 is 0. The molecule has 0 saturated carbocycles. The largest absolute Gasteiger partial charge is 0.176 e. The number of rotatable bonds is 13. The monoisotopic (exact) mass is 262 g/mol. The molecular formula is C14H31ClSi. The van der Waals surface area contributed by atoms with Gasteiger partial charge in [-0.1, -0.05) is 84.0 Å². The Morgan fingerprint density at radius 3 is 1.38 bits per heavy atom. The standard InChI is InChI=1S/C14H31ClSi/c1-2-3-4-5-6-7-8-9-10-11-12-13-14-16-15/h2-14,16H2,1H3. The third-order valence-corrected chi connectivity index (χ3v) is 4.81. The van der Waals surface area contributed by atoms with Gasteiger partial charge in [-0.2, -0.15) is 11.1 Å². The van der Waals surface area contributed by atoms with E-state index in [0.29, 0.717) is 0 Å². The van der Waals surface area contributed by atoms with E-state index in [1.165, 1.54) is 83.1 Å². The van der Waals surface area contributed by atoms with Crippen molar-refractivity contribution in [2.45, 2.75) is 90.0 Å². The van der Waals surface area contributed by atoms with E-state index in [-0.39, 0.29) is 8.83 Å². The van der Waals surface area contributed by atoms with Gasteiger partial charge in [-0.25, -0.2) is 0 Å². The van der Waals surface area contributed by atoms with Gasteiger partial charge in [0.1, 0.15) is 8.83 Å². The predicted octanol–water partition coefficient (Wildman–Crippen LogP) is 5.43. The maximum absolute atomic E-state index is 5.77. The summed E-state index contributed by atoms with van der Waals surface area (Å²) >= 11 is 5.77. The summed E-state index contributed by atoms with van der Waals surface area (Å²) in [5.41, 5.74) is 0. The Labute approximate surface area is 110 Å². The van der Waals surface area contributed by atoms with Crippen LogP contribution in [0.5, 0.6) is 0 Å². The molecule has 0 saturated heterocycles. The lowest BCUT2D eigenvalue weighted by Crippen LogP contribution is -1.83. The molecule has 0 aromatic carbocycles. The van der Waals surface area contributed by atoms with Crippen molar-refractivity contribution in [3.63, 3.8) is 0 Å². The first kappa shape index (κ1) is 16.5. The van der Waals surface area contributed by atoms with Gasteiger partial charge in [0, 0.05) is 0 Å². The average Bonchev–Trinajstić information content (AvgIpc) is 2.31. The van der Waals surface area contributed by atoms with E-state index in [0.717, 1.165) is 0 Å². The number of hydrogen-bond acceptors (Lipinski definition) is 0. The zero-order valence-electron chi connectivity index (χ0n) is 11.3. The van der Waals surface area contributed by atoms with Crippen LogP contribution in [0, 0.1) is 0 Å². The van der Waals surface area contributed by atoms with Crippen molar-refractivity contribution in [1.82, 2.24) is 0 Å². The molecule has 0 atom stereocenters. The maximum Gasteiger partial charge on any atom is 0.125 e. The lowest BCUT2D eigenvalue weighted by molar-refractivity contribution is 0.548. The molecule has 0 aliphatic carbocycles. The smallest absolute Gasteiger partial charge is 0.125 e. The molecule has 2 heteroatoms. The minimum absolute atomic E-state index is 0.172. The molecule has 0 aliphatic rings. The molecule has 16 heavy (non-hydrogen) atoms. The van der Waals surface area contributed by atoms with Crippen molar-refractivity contribution < 1.29 is 0 Å². The van der Waals surface area contributed by atoms with Gasteiger partial charge in [-0.15, -0.1) is 0 Å². The SMILES string of the molecule is CCCCCCCCCCCCCC[SiH2]Cl. The Kier molecular flexibility index (Phi) is 16.0. The highest BCUT2D eigenvalue weighted by Gasteiger charge is 1.93. The summed E-state index contributed by atoms with van der Waals surface area (Å²) in [5, 5.41) is 0. The van der Waals surface area contributed by atoms with Crippen molar-refractivity contribution in [2.24, 2.45) is 0 Å². The lowest BCUT2D eigenvalue weighted by Gasteiger charge is -2.02. The number of halogens is 1. The molecule has 0 aliphatic heterocycles. The van der Waals surface area contributed by atoms with Gasteiger partial charge in [-0.05, 0) is 6.04 Å². The topological polar surface area (TPSA) is 0 Å².